The minimum absolute atomic E-state index is 0.238. The summed E-state index contributed by atoms with van der Waals surface area (Å²) in [7, 11) is 0. The SMILES string of the molecule is Cc1ccc(C(C)NC(=O)c2ccc(Br)nc2)cc1F. The van der Waals surface area contributed by atoms with Crippen LogP contribution in [0.3, 0.4) is 0 Å². The van der Waals surface area contributed by atoms with E-state index in [9.17, 15) is 9.18 Å². The van der Waals surface area contributed by atoms with Crippen molar-refractivity contribution in [3.8, 4) is 0 Å². The van der Waals surface area contributed by atoms with Crippen LogP contribution < -0.4 is 5.32 Å². The summed E-state index contributed by atoms with van der Waals surface area (Å²) < 4.78 is 14.2. The molecule has 2 aromatic rings. The molecule has 0 aliphatic heterocycles. The molecule has 1 aromatic carbocycles. The summed E-state index contributed by atoms with van der Waals surface area (Å²) in [5.41, 5.74) is 1.78. The van der Waals surface area contributed by atoms with Gasteiger partial charge in [0.05, 0.1) is 11.6 Å². The molecule has 1 atom stereocenters. The number of aromatic nitrogens is 1. The van der Waals surface area contributed by atoms with E-state index in [1.807, 2.05) is 13.0 Å². The van der Waals surface area contributed by atoms with Gasteiger partial charge in [-0.05, 0) is 59.1 Å². The molecule has 0 fully saturated rings. The third-order valence-corrected chi connectivity index (χ3v) is 3.50. The fraction of sp³-hybridized carbons (Fsp3) is 0.200. The lowest BCUT2D eigenvalue weighted by atomic mass is 10.1. The second-order valence-corrected chi connectivity index (χ2v) is 5.39. The molecule has 0 aliphatic rings. The number of nitrogens with one attached hydrogen (secondary N) is 1. The molecule has 104 valence electrons. The zero-order chi connectivity index (χ0) is 14.7. The molecule has 2 rings (SSSR count). The summed E-state index contributed by atoms with van der Waals surface area (Å²) in [6.07, 6.45) is 1.49. The minimum atomic E-state index is -0.277. The van der Waals surface area contributed by atoms with Gasteiger partial charge in [0, 0.05) is 6.20 Å². The molecule has 1 N–H and O–H groups in total. The quantitative estimate of drug-likeness (QED) is 0.866. The van der Waals surface area contributed by atoms with Crippen LogP contribution in [0.2, 0.25) is 0 Å². The van der Waals surface area contributed by atoms with E-state index in [0.29, 0.717) is 15.7 Å². The van der Waals surface area contributed by atoms with Gasteiger partial charge in [0.25, 0.3) is 5.91 Å². The van der Waals surface area contributed by atoms with Crippen molar-refractivity contribution in [1.82, 2.24) is 10.3 Å². The second kappa shape index (κ2) is 6.13. The highest BCUT2D eigenvalue weighted by Gasteiger charge is 2.12. The summed E-state index contributed by atoms with van der Waals surface area (Å²) in [6, 6.07) is 8.05. The van der Waals surface area contributed by atoms with Crippen molar-refractivity contribution in [3.63, 3.8) is 0 Å². The molecule has 3 nitrogen and oxygen atoms in total. The molecule has 5 heteroatoms. The summed E-state index contributed by atoms with van der Waals surface area (Å²) >= 11 is 3.21. The largest absolute Gasteiger partial charge is 0.345 e. The van der Waals surface area contributed by atoms with Crippen LogP contribution in [-0.4, -0.2) is 10.9 Å². The number of benzene rings is 1. The number of carbonyl (C=O) groups excluding carboxylic acids is 1. The maximum Gasteiger partial charge on any atom is 0.253 e. The van der Waals surface area contributed by atoms with Crippen molar-refractivity contribution in [2.24, 2.45) is 0 Å². The van der Waals surface area contributed by atoms with E-state index in [0.717, 1.165) is 5.56 Å². The Morgan fingerprint density at radius 3 is 2.70 bits per heavy atom. The Kier molecular flexibility index (Phi) is 4.49. The first-order chi connectivity index (χ1) is 9.47. The molecule has 20 heavy (non-hydrogen) atoms. The van der Waals surface area contributed by atoms with Crippen molar-refractivity contribution in [1.29, 1.82) is 0 Å². The standard InChI is InChI=1S/C15H14BrFN2O/c1-9-3-4-11(7-13(9)17)10(2)19-15(20)12-5-6-14(16)18-8-12/h3-8,10H,1-2H3,(H,19,20). The van der Waals surface area contributed by atoms with Gasteiger partial charge in [0.1, 0.15) is 10.4 Å². The Balaban J connectivity index is 2.10. The van der Waals surface area contributed by atoms with Crippen molar-refractivity contribution in [3.05, 3.63) is 63.6 Å². The number of carbonyl (C=O) groups is 1. The molecule has 0 aliphatic carbocycles. The van der Waals surface area contributed by atoms with E-state index in [1.165, 1.54) is 12.3 Å². The van der Waals surface area contributed by atoms with Crippen LogP contribution in [-0.2, 0) is 0 Å². The zero-order valence-corrected chi connectivity index (χ0v) is 12.7. The number of hydrogen-bond donors (Lipinski definition) is 1. The Morgan fingerprint density at radius 1 is 1.35 bits per heavy atom. The minimum Gasteiger partial charge on any atom is -0.345 e. The number of halogens is 2. The fourth-order valence-corrected chi connectivity index (χ4v) is 1.99. The highest BCUT2D eigenvalue weighted by atomic mass is 79.9. The van der Waals surface area contributed by atoms with Crippen molar-refractivity contribution in [2.45, 2.75) is 19.9 Å². The lowest BCUT2D eigenvalue weighted by Crippen LogP contribution is -2.26. The number of amides is 1. The van der Waals surface area contributed by atoms with E-state index < -0.39 is 0 Å². The summed E-state index contributed by atoms with van der Waals surface area (Å²) in [5.74, 6) is -0.507. The van der Waals surface area contributed by atoms with Crippen molar-refractivity contribution >= 4 is 21.8 Å². The van der Waals surface area contributed by atoms with Crippen LogP contribution in [0.1, 0.15) is 34.5 Å². The van der Waals surface area contributed by atoms with Gasteiger partial charge in [-0.2, -0.15) is 0 Å². The summed E-state index contributed by atoms with van der Waals surface area (Å²) in [6.45, 7) is 3.52. The predicted molar refractivity (Wildman–Crippen MR) is 79.0 cm³/mol. The van der Waals surface area contributed by atoms with Crippen LogP contribution in [0.15, 0.2) is 41.1 Å². The van der Waals surface area contributed by atoms with E-state index in [4.69, 9.17) is 0 Å². The third kappa shape index (κ3) is 3.42. The van der Waals surface area contributed by atoms with Gasteiger partial charge >= 0.3 is 0 Å². The Bertz CT molecular complexity index is 628. The van der Waals surface area contributed by atoms with E-state index >= 15 is 0 Å². The molecule has 1 unspecified atom stereocenters. The normalized spacial score (nSPS) is 12.0. The third-order valence-electron chi connectivity index (χ3n) is 3.03. The monoisotopic (exact) mass is 336 g/mol. The Labute approximate surface area is 125 Å². The van der Waals surface area contributed by atoms with Crippen LogP contribution in [0, 0.1) is 12.7 Å². The number of hydrogen-bond acceptors (Lipinski definition) is 2. The van der Waals surface area contributed by atoms with Crippen molar-refractivity contribution < 1.29 is 9.18 Å². The number of rotatable bonds is 3. The fourth-order valence-electron chi connectivity index (χ4n) is 1.75. The average Bonchev–Trinajstić information content (AvgIpc) is 2.42. The summed E-state index contributed by atoms with van der Waals surface area (Å²) in [5, 5.41) is 2.82. The molecule has 0 spiro atoms. The predicted octanol–water partition coefficient (Wildman–Crippen LogP) is 3.78. The maximum absolute atomic E-state index is 13.5. The van der Waals surface area contributed by atoms with Gasteiger partial charge in [-0.15, -0.1) is 0 Å². The van der Waals surface area contributed by atoms with Crippen molar-refractivity contribution in [2.75, 3.05) is 0 Å². The van der Waals surface area contributed by atoms with E-state index in [1.54, 1.807) is 25.1 Å². The molecule has 0 radical (unpaired) electrons. The molecule has 0 bridgehead atoms. The lowest BCUT2D eigenvalue weighted by Gasteiger charge is -2.15. The molecular weight excluding hydrogens is 323 g/mol. The zero-order valence-electron chi connectivity index (χ0n) is 11.2. The van der Waals surface area contributed by atoms with Crippen LogP contribution in [0.4, 0.5) is 4.39 Å². The van der Waals surface area contributed by atoms with Gasteiger partial charge in [0.2, 0.25) is 0 Å². The lowest BCUT2D eigenvalue weighted by molar-refractivity contribution is 0.0939. The highest BCUT2D eigenvalue weighted by Crippen LogP contribution is 2.17. The van der Waals surface area contributed by atoms with Gasteiger partial charge in [-0.25, -0.2) is 9.37 Å². The first-order valence-corrected chi connectivity index (χ1v) is 6.95. The second-order valence-electron chi connectivity index (χ2n) is 4.57. The van der Waals surface area contributed by atoms with Crippen LogP contribution in [0.25, 0.3) is 0 Å². The Morgan fingerprint density at radius 2 is 2.10 bits per heavy atom. The van der Waals surface area contributed by atoms with Gasteiger partial charge < -0.3 is 5.32 Å². The van der Waals surface area contributed by atoms with Gasteiger partial charge in [-0.3, -0.25) is 4.79 Å². The molecule has 0 saturated heterocycles. The average molecular weight is 337 g/mol. The smallest absolute Gasteiger partial charge is 0.253 e. The van der Waals surface area contributed by atoms with E-state index in [-0.39, 0.29) is 17.8 Å². The summed E-state index contributed by atoms with van der Waals surface area (Å²) in [4.78, 5) is 16.0. The molecule has 1 aromatic heterocycles. The van der Waals surface area contributed by atoms with Gasteiger partial charge in [-0.1, -0.05) is 12.1 Å². The molecule has 0 saturated carbocycles. The van der Waals surface area contributed by atoms with E-state index in [2.05, 4.69) is 26.2 Å². The Hall–Kier alpha value is -1.75. The van der Waals surface area contributed by atoms with Crippen LogP contribution in [0.5, 0.6) is 0 Å². The first kappa shape index (κ1) is 14.7. The number of nitrogens with zero attached hydrogens (tertiary/aromatic N) is 1. The number of aryl methyl sites for hydroxylation is 1. The highest BCUT2D eigenvalue weighted by molar-refractivity contribution is 9.10. The molecular formula is C15H14BrFN2O. The molecule has 1 heterocycles. The number of pyridine rings is 1. The van der Waals surface area contributed by atoms with Gasteiger partial charge in [0.15, 0.2) is 0 Å². The topological polar surface area (TPSA) is 42.0 Å². The maximum atomic E-state index is 13.5. The molecule has 1 amide bonds. The van der Waals surface area contributed by atoms with Crippen LogP contribution >= 0.6 is 15.9 Å². The first-order valence-electron chi connectivity index (χ1n) is 6.16.